The smallest absolute Gasteiger partial charge is 0.325 e. The Labute approximate surface area is 151 Å². The van der Waals surface area contributed by atoms with E-state index in [1.54, 1.807) is 4.90 Å². The van der Waals surface area contributed by atoms with Gasteiger partial charge in [-0.25, -0.2) is 4.79 Å². The molecule has 0 aromatic heterocycles. The normalized spacial score (nSPS) is 32.4. The third-order valence-electron chi connectivity index (χ3n) is 6.90. The third kappa shape index (κ3) is 2.41. The van der Waals surface area contributed by atoms with Crippen molar-refractivity contribution in [3.05, 3.63) is 0 Å². The van der Waals surface area contributed by atoms with E-state index in [2.05, 4.69) is 5.32 Å². The number of carboxylic acid groups (broad SMARTS) is 1. The van der Waals surface area contributed by atoms with Crippen molar-refractivity contribution in [2.24, 2.45) is 11.3 Å². The van der Waals surface area contributed by atoms with Crippen molar-refractivity contribution in [2.75, 3.05) is 19.6 Å². The van der Waals surface area contributed by atoms with E-state index in [0.717, 1.165) is 30.6 Å². The Morgan fingerprint density at radius 3 is 2.54 bits per heavy atom. The third-order valence-corrected chi connectivity index (χ3v) is 6.90. The Balaban J connectivity index is 1.37. The van der Waals surface area contributed by atoms with Gasteiger partial charge in [-0.15, -0.1) is 0 Å². The number of nitrogens with zero attached hydrogens (tertiary/aromatic N) is 2. The number of carbonyl (C=O) groups excluding carboxylic acids is 3. The molecule has 2 aliphatic heterocycles. The molecule has 2 atom stereocenters. The molecule has 8 nitrogen and oxygen atoms in total. The molecule has 1 spiro atoms. The maximum atomic E-state index is 12.6. The molecule has 8 heteroatoms. The molecule has 2 saturated carbocycles. The number of imide groups is 1. The number of nitrogens with one attached hydrogen (secondary N) is 1. The highest BCUT2D eigenvalue weighted by Gasteiger charge is 2.56. The second-order valence-electron chi connectivity index (χ2n) is 8.25. The summed E-state index contributed by atoms with van der Waals surface area (Å²) in [7, 11) is 0. The van der Waals surface area contributed by atoms with Gasteiger partial charge in [0.15, 0.2) is 0 Å². The fourth-order valence-corrected chi connectivity index (χ4v) is 5.39. The maximum absolute atomic E-state index is 12.6. The molecule has 0 bridgehead atoms. The van der Waals surface area contributed by atoms with Gasteiger partial charge in [-0.3, -0.25) is 19.3 Å². The van der Waals surface area contributed by atoms with E-state index >= 15 is 0 Å². The van der Waals surface area contributed by atoms with Gasteiger partial charge in [-0.05, 0) is 31.6 Å². The quantitative estimate of drug-likeness (QED) is 0.724. The first kappa shape index (κ1) is 17.3. The summed E-state index contributed by atoms with van der Waals surface area (Å²) < 4.78 is 0. The van der Waals surface area contributed by atoms with Crippen LogP contribution in [0, 0.1) is 11.3 Å². The SMILES string of the molecule is O=C(CCN1C(=O)NC2(CCCC2)C1=O)N1C[C@@H]2CCC[C@@]2(C(=O)O)C1. The predicted octanol–water partition coefficient (Wildman–Crippen LogP) is 0.954. The zero-order valence-electron chi connectivity index (χ0n) is 14.8. The van der Waals surface area contributed by atoms with Crippen LogP contribution >= 0.6 is 0 Å². The Hall–Kier alpha value is -2.12. The van der Waals surface area contributed by atoms with Crippen molar-refractivity contribution < 1.29 is 24.3 Å². The predicted molar refractivity (Wildman–Crippen MR) is 90.1 cm³/mol. The van der Waals surface area contributed by atoms with Crippen LogP contribution in [0.25, 0.3) is 0 Å². The fraction of sp³-hybridized carbons (Fsp3) is 0.778. The van der Waals surface area contributed by atoms with Gasteiger partial charge in [0.05, 0.1) is 5.41 Å². The van der Waals surface area contributed by atoms with Crippen molar-refractivity contribution in [1.82, 2.24) is 15.1 Å². The van der Waals surface area contributed by atoms with Gasteiger partial charge in [0.25, 0.3) is 5.91 Å². The van der Waals surface area contributed by atoms with Gasteiger partial charge in [0.2, 0.25) is 5.91 Å². The molecule has 0 radical (unpaired) electrons. The molecule has 2 saturated heterocycles. The lowest BCUT2D eigenvalue weighted by Crippen LogP contribution is -2.44. The number of rotatable bonds is 4. The van der Waals surface area contributed by atoms with Gasteiger partial charge in [0, 0.05) is 26.1 Å². The average molecular weight is 363 g/mol. The maximum Gasteiger partial charge on any atom is 0.325 e. The molecule has 2 heterocycles. The topological polar surface area (TPSA) is 107 Å². The van der Waals surface area contributed by atoms with E-state index in [-0.39, 0.29) is 37.2 Å². The number of hydrogen-bond donors (Lipinski definition) is 2. The molecule has 2 N–H and O–H groups in total. The summed E-state index contributed by atoms with van der Waals surface area (Å²) in [6.07, 6.45) is 5.57. The molecular weight excluding hydrogens is 338 g/mol. The van der Waals surface area contributed by atoms with Crippen LogP contribution < -0.4 is 5.32 Å². The number of aliphatic carboxylic acids is 1. The molecular formula is C18H25N3O5. The number of likely N-dealkylation sites (tertiary alicyclic amines) is 1. The van der Waals surface area contributed by atoms with Gasteiger partial charge in [-0.2, -0.15) is 0 Å². The molecule has 0 aromatic carbocycles. The van der Waals surface area contributed by atoms with Crippen LogP contribution in [-0.2, 0) is 14.4 Å². The molecule has 4 fully saturated rings. The van der Waals surface area contributed by atoms with Gasteiger partial charge >= 0.3 is 12.0 Å². The van der Waals surface area contributed by atoms with Gasteiger partial charge in [0.1, 0.15) is 5.54 Å². The van der Waals surface area contributed by atoms with Crippen LogP contribution in [-0.4, -0.2) is 63.9 Å². The first-order valence-electron chi connectivity index (χ1n) is 9.53. The highest BCUT2D eigenvalue weighted by atomic mass is 16.4. The van der Waals surface area contributed by atoms with E-state index in [4.69, 9.17) is 0 Å². The summed E-state index contributed by atoms with van der Waals surface area (Å²) in [5.41, 5.74) is -1.55. The molecule has 0 aromatic rings. The van der Waals surface area contributed by atoms with Crippen LogP contribution in [0.15, 0.2) is 0 Å². The van der Waals surface area contributed by atoms with Crippen LogP contribution in [0.2, 0.25) is 0 Å². The number of urea groups is 1. The Kier molecular flexibility index (Phi) is 3.96. The second-order valence-corrected chi connectivity index (χ2v) is 8.25. The van der Waals surface area contributed by atoms with Crippen LogP contribution in [0.5, 0.6) is 0 Å². The molecule has 4 amide bonds. The van der Waals surface area contributed by atoms with E-state index < -0.39 is 23.0 Å². The number of fused-ring (bicyclic) bond motifs is 1. The molecule has 2 aliphatic carbocycles. The van der Waals surface area contributed by atoms with Crippen molar-refractivity contribution in [2.45, 2.75) is 56.9 Å². The van der Waals surface area contributed by atoms with Crippen LogP contribution in [0.1, 0.15) is 51.4 Å². The summed E-state index contributed by atoms with van der Waals surface area (Å²) >= 11 is 0. The lowest BCUT2D eigenvalue weighted by atomic mass is 9.81. The minimum atomic E-state index is -0.812. The van der Waals surface area contributed by atoms with Crippen LogP contribution in [0.3, 0.4) is 0 Å². The summed E-state index contributed by atoms with van der Waals surface area (Å²) in [5, 5.41) is 12.4. The first-order valence-corrected chi connectivity index (χ1v) is 9.53. The number of carbonyl (C=O) groups is 4. The van der Waals surface area contributed by atoms with Crippen molar-refractivity contribution in [3.8, 4) is 0 Å². The molecule has 4 rings (SSSR count). The van der Waals surface area contributed by atoms with Gasteiger partial charge in [-0.1, -0.05) is 19.3 Å². The highest BCUT2D eigenvalue weighted by molar-refractivity contribution is 6.07. The largest absolute Gasteiger partial charge is 0.481 e. The zero-order valence-corrected chi connectivity index (χ0v) is 14.8. The minimum absolute atomic E-state index is 0.0161. The lowest BCUT2D eigenvalue weighted by Gasteiger charge is -2.24. The monoisotopic (exact) mass is 363 g/mol. The van der Waals surface area contributed by atoms with E-state index in [9.17, 15) is 24.3 Å². The summed E-state index contributed by atoms with van der Waals surface area (Å²) in [5.74, 6) is -1.18. The summed E-state index contributed by atoms with van der Waals surface area (Å²) in [6, 6.07) is -0.412. The Morgan fingerprint density at radius 1 is 1.15 bits per heavy atom. The van der Waals surface area contributed by atoms with E-state index in [1.165, 1.54) is 0 Å². The molecule has 4 aliphatic rings. The highest BCUT2D eigenvalue weighted by Crippen LogP contribution is 2.49. The minimum Gasteiger partial charge on any atom is -0.481 e. The number of amides is 4. The average Bonchev–Trinajstić information content (AvgIpc) is 3.31. The fourth-order valence-electron chi connectivity index (χ4n) is 5.39. The van der Waals surface area contributed by atoms with Gasteiger partial charge < -0.3 is 15.3 Å². The first-order chi connectivity index (χ1) is 12.4. The summed E-state index contributed by atoms with van der Waals surface area (Å²) in [4.78, 5) is 51.9. The van der Waals surface area contributed by atoms with Crippen molar-refractivity contribution in [3.63, 3.8) is 0 Å². The zero-order chi connectivity index (χ0) is 18.5. The Morgan fingerprint density at radius 2 is 1.88 bits per heavy atom. The number of hydrogen-bond acceptors (Lipinski definition) is 4. The molecule has 0 unspecified atom stereocenters. The Bertz CT molecular complexity index is 672. The van der Waals surface area contributed by atoms with E-state index in [1.807, 2.05) is 0 Å². The van der Waals surface area contributed by atoms with E-state index in [0.29, 0.717) is 25.8 Å². The second kappa shape index (κ2) is 5.96. The lowest BCUT2D eigenvalue weighted by molar-refractivity contribution is -0.149. The molecule has 26 heavy (non-hydrogen) atoms. The van der Waals surface area contributed by atoms with Crippen molar-refractivity contribution >= 4 is 23.8 Å². The standard InChI is InChI=1S/C18H25N3O5/c22-13(20-10-12-4-3-6-17(12,11-20)15(24)25)5-9-21-14(23)18(19-16(21)26)7-1-2-8-18/h12H,1-11H2,(H,19,26)(H,24,25)/t12-,17+/m0/s1. The summed E-state index contributed by atoms with van der Waals surface area (Å²) in [6.45, 7) is 0.775. The van der Waals surface area contributed by atoms with Crippen molar-refractivity contribution in [1.29, 1.82) is 0 Å². The number of carboxylic acids is 1. The molecule has 142 valence electrons. The van der Waals surface area contributed by atoms with Crippen LogP contribution in [0.4, 0.5) is 4.79 Å².